The summed E-state index contributed by atoms with van der Waals surface area (Å²) in [5, 5.41) is 10.9. The van der Waals surface area contributed by atoms with Crippen LogP contribution in [0.1, 0.15) is 41.0 Å². The number of benzene rings is 2. The Bertz CT molecular complexity index is 907. The average molecular weight is 318 g/mol. The second-order valence-electron chi connectivity index (χ2n) is 6.12. The molecule has 1 N–H and O–H groups in total. The number of anilines is 1. The van der Waals surface area contributed by atoms with Crippen molar-refractivity contribution >= 4 is 22.6 Å². The number of fused-ring (bicyclic) bond motifs is 2. The first-order chi connectivity index (χ1) is 11.8. The monoisotopic (exact) mass is 318 g/mol. The predicted octanol–water partition coefficient (Wildman–Crippen LogP) is 3.55. The Morgan fingerprint density at radius 1 is 0.875 bits per heavy atom. The third-order valence-electron chi connectivity index (χ3n) is 4.42. The number of para-hydroxylation sites is 1. The maximum Gasteiger partial charge on any atom is 0.295 e. The summed E-state index contributed by atoms with van der Waals surface area (Å²) < 4.78 is 0. The number of aryl methyl sites for hydroxylation is 2. The minimum absolute atomic E-state index is 0.0867. The van der Waals surface area contributed by atoms with Crippen molar-refractivity contribution in [3.8, 4) is 0 Å². The van der Waals surface area contributed by atoms with Crippen LogP contribution in [-0.2, 0) is 12.8 Å². The molecule has 1 aliphatic carbocycles. The first-order valence-electron chi connectivity index (χ1n) is 8.32. The van der Waals surface area contributed by atoms with Crippen molar-refractivity contribution in [2.24, 2.45) is 0 Å². The molecule has 0 atom stereocenters. The number of rotatable bonds is 2. The van der Waals surface area contributed by atoms with Crippen molar-refractivity contribution < 1.29 is 4.79 Å². The van der Waals surface area contributed by atoms with E-state index in [2.05, 4.69) is 32.6 Å². The molecule has 4 rings (SSSR count). The molecule has 0 aliphatic heterocycles. The predicted molar refractivity (Wildman–Crippen MR) is 93.0 cm³/mol. The lowest BCUT2D eigenvalue weighted by Crippen LogP contribution is -2.16. The number of carbonyl (C=O) groups excluding carboxylic acids is 1. The zero-order valence-corrected chi connectivity index (χ0v) is 13.3. The maximum absolute atomic E-state index is 12.4. The molecular formula is C19H18N4O. The van der Waals surface area contributed by atoms with Gasteiger partial charge in [0.15, 0.2) is 0 Å². The molecule has 5 nitrogen and oxygen atoms in total. The molecule has 1 heterocycles. The van der Waals surface area contributed by atoms with Gasteiger partial charge in [-0.25, -0.2) is 4.98 Å². The normalized spacial score (nSPS) is 14.0. The average Bonchev–Trinajstić information content (AvgIpc) is 2.86. The number of carbonyl (C=O) groups is 1. The first kappa shape index (κ1) is 14.8. The SMILES string of the molecule is O=C(Nc1ccc2c(c1)CCCCC2)c1nnc2ccccc2n1. The topological polar surface area (TPSA) is 67.8 Å². The largest absolute Gasteiger partial charge is 0.319 e. The Kier molecular flexibility index (Phi) is 3.91. The smallest absolute Gasteiger partial charge is 0.295 e. The van der Waals surface area contributed by atoms with Crippen LogP contribution in [0.4, 0.5) is 5.69 Å². The van der Waals surface area contributed by atoms with Crippen LogP contribution < -0.4 is 5.32 Å². The second kappa shape index (κ2) is 6.35. The molecule has 0 unspecified atom stereocenters. The van der Waals surface area contributed by atoms with Crippen LogP contribution in [0.15, 0.2) is 42.5 Å². The summed E-state index contributed by atoms with van der Waals surface area (Å²) in [4.78, 5) is 16.7. The Labute approximate surface area is 140 Å². The van der Waals surface area contributed by atoms with Crippen LogP contribution in [0.5, 0.6) is 0 Å². The fourth-order valence-electron chi connectivity index (χ4n) is 3.15. The minimum atomic E-state index is -0.332. The van der Waals surface area contributed by atoms with Crippen LogP contribution in [0, 0.1) is 0 Å². The zero-order valence-electron chi connectivity index (χ0n) is 13.3. The summed E-state index contributed by atoms with van der Waals surface area (Å²) in [6.07, 6.45) is 5.93. The second-order valence-corrected chi connectivity index (χ2v) is 6.12. The van der Waals surface area contributed by atoms with Gasteiger partial charge < -0.3 is 5.32 Å². The van der Waals surface area contributed by atoms with Crippen LogP contribution in [-0.4, -0.2) is 21.1 Å². The third kappa shape index (κ3) is 2.97. The third-order valence-corrected chi connectivity index (χ3v) is 4.42. The zero-order chi connectivity index (χ0) is 16.4. The molecule has 0 saturated carbocycles. The molecule has 2 aromatic carbocycles. The number of hydrogen-bond donors (Lipinski definition) is 1. The fourth-order valence-corrected chi connectivity index (χ4v) is 3.15. The molecular weight excluding hydrogens is 300 g/mol. The van der Waals surface area contributed by atoms with Gasteiger partial charge in [-0.15, -0.1) is 10.2 Å². The fraction of sp³-hybridized carbons (Fsp3) is 0.263. The standard InChI is InChI=1S/C19H18N4O/c24-19(18-21-16-8-4-5-9-17(16)22-23-18)20-15-11-10-13-6-2-1-3-7-14(13)12-15/h4-5,8-12H,1-3,6-7H2,(H,20,24). The van der Waals surface area contributed by atoms with Crippen molar-refractivity contribution in [1.29, 1.82) is 0 Å². The van der Waals surface area contributed by atoms with Gasteiger partial charge in [0.25, 0.3) is 5.91 Å². The highest BCUT2D eigenvalue weighted by Gasteiger charge is 2.13. The van der Waals surface area contributed by atoms with E-state index in [1.54, 1.807) is 0 Å². The van der Waals surface area contributed by atoms with E-state index < -0.39 is 0 Å². The van der Waals surface area contributed by atoms with Crippen molar-refractivity contribution in [3.63, 3.8) is 0 Å². The molecule has 1 aliphatic rings. The maximum atomic E-state index is 12.4. The molecule has 5 heteroatoms. The number of nitrogens with zero attached hydrogens (tertiary/aromatic N) is 3. The van der Waals surface area contributed by atoms with E-state index in [0.717, 1.165) is 18.5 Å². The van der Waals surface area contributed by atoms with Crippen LogP contribution in [0.25, 0.3) is 11.0 Å². The van der Waals surface area contributed by atoms with E-state index in [4.69, 9.17) is 0 Å². The summed E-state index contributed by atoms with van der Waals surface area (Å²) in [6, 6.07) is 13.5. The number of aromatic nitrogens is 3. The van der Waals surface area contributed by atoms with Crippen molar-refractivity contribution in [2.75, 3.05) is 5.32 Å². The Hall–Kier alpha value is -2.82. The summed E-state index contributed by atoms with van der Waals surface area (Å²) in [5.41, 5.74) is 4.87. The summed E-state index contributed by atoms with van der Waals surface area (Å²) >= 11 is 0. The summed E-state index contributed by atoms with van der Waals surface area (Å²) in [6.45, 7) is 0. The van der Waals surface area contributed by atoms with Gasteiger partial charge in [-0.05, 0) is 61.1 Å². The van der Waals surface area contributed by atoms with Gasteiger partial charge in [-0.2, -0.15) is 0 Å². The van der Waals surface area contributed by atoms with E-state index in [9.17, 15) is 4.79 Å². The van der Waals surface area contributed by atoms with E-state index in [1.807, 2.05) is 30.3 Å². The minimum Gasteiger partial charge on any atom is -0.319 e. The lowest BCUT2D eigenvalue weighted by atomic mass is 10.0. The van der Waals surface area contributed by atoms with E-state index >= 15 is 0 Å². The van der Waals surface area contributed by atoms with Gasteiger partial charge >= 0.3 is 0 Å². The number of hydrogen-bond acceptors (Lipinski definition) is 4. The lowest BCUT2D eigenvalue weighted by molar-refractivity contribution is 0.101. The van der Waals surface area contributed by atoms with Gasteiger partial charge in [0.05, 0.1) is 5.52 Å². The van der Waals surface area contributed by atoms with Gasteiger partial charge in [0.1, 0.15) is 5.52 Å². The Balaban J connectivity index is 1.57. The summed E-state index contributed by atoms with van der Waals surface area (Å²) in [7, 11) is 0. The molecule has 120 valence electrons. The van der Waals surface area contributed by atoms with E-state index in [0.29, 0.717) is 11.0 Å². The quantitative estimate of drug-likeness (QED) is 0.734. The number of amides is 1. The highest BCUT2D eigenvalue weighted by atomic mass is 16.2. The summed E-state index contributed by atoms with van der Waals surface area (Å²) in [5.74, 6) is -0.245. The molecule has 0 fully saturated rings. The van der Waals surface area contributed by atoms with E-state index in [-0.39, 0.29) is 11.7 Å². The van der Waals surface area contributed by atoms with Crippen LogP contribution >= 0.6 is 0 Å². The molecule has 0 spiro atoms. The Morgan fingerprint density at radius 2 is 1.67 bits per heavy atom. The molecule has 1 amide bonds. The van der Waals surface area contributed by atoms with Gasteiger partial charge in [-0.3, -0.25) is 4.79 Å². The highest BCUT2D eigenvalue weighted by Crippen LogP contribution is 2.24. The van der Waals surface area contributed by atoms with Crippen molar-refractivity contribution in [2.45, 2.75) is 32.1 Å². The van der Waals surface area contributed by atoms with Crippen molar-refractivity contribution in [3.05, 3.63) is 59.4 Å². The number of nitrogens with one attached hydrogen (secondary N) is 1. The molecule has 1 aromatic heterocycles. The van der Waals surface area contributed by atoms with Crippen LogP contribution in [0.3, 0.4) is 0 Å². The molecule has 3 aromatic rings. The molecule has 0 bridgehead atoms. The van der Waals surface area contributed by atoms with Gasteiger partial charge in [0.2, 0.25) is 5.82 Å². The van der Waals surface area contributed by atoms with Crippen molar-refractivity contribution in [1.82, 2.24) is 15.2 Å². The highest BCUT2D eigenvalue weighted by molar-refractivity contribution is 6.02. The van der Waals surface area contributed by atoms with Gasteiger partial charge in [-0.1, -0.05) is 24.6 Å². The molecule has 0 radical (unpaired) electrons. The Morgan fingerprint density at radius 3 is 2.54 bits per heavy atom. The van der Waals surface area contributed by atoms with Gasteiger partial charge in [0, 0.05) is 5.69 Å². The molecule has 0 saturated heterocycles. The van der Waals surface area contributed by atoms with Crippen LogP contribution in [0.2, 0.25) is 0 Å². The first-order valence-corrected chi connectivity index (χ1v) is 8.32. The molecule has 24 heavy (non-hydrogen) atoms. The lowest BCUT2D eigenvalue weighted by Gasteiger charge is -2.09. The van der Waals surface area contributed by atoms with E-state index in [1.165, 1.54) is 30.4 Å².